The van der Waals surface area contributed by atoms with E-state index in [4.69, 9.17) is 0 Å². The van der Waals surface area contributed by atoms with Crippen LogP contribution in [0.5, 0.6) is 23.0 Å². The number of phenolic OH excluding ortho intramolecular Hbond substituents is 4. The molecule has 0 saturated heterocycles. The monoisotopic (exact) mass is 857 g/mol. The van der Waals surface area contributed by atoms with Crippen LogP contribution in [-0.2, 0) is 25.7 Å². The molecule has 344 valence electrons. The molecule has 0 spiro atoms. The van der Waals surface area contributed by atoms with E-state index in [1.807, 2.05) is 0 Å². The molecule has 2 aliphatic carbocycles. The molecular weight excluding hydrogens is 773 g/mol. The first-order valence-electron chi connectivity index (χ1n) is 24.3. The second-order valence-electron chi connectivity index (χ2n) is 22.4. The predicted molar refractivity (Wildman–Crippen MR) is 266 cm³/mol. The molecule has 2 saturated carbocycles. The van der Waals surface area contributed by atoms with Gasteiger partial charge in [0.25, 0.3) is 0 Å². The van der Waals surface area contributed by atoms with E-state index in [2.05, 4.69) is 125 Å². The highest BCUT2D eigenvalue weighted by Crippen LogP contribution is 2.57. The van der Waals surface area contributed by atoms with Gasteiger partial charge in [0.2, 0.25) is 0 Å². The van der Waals surface area contributed by atoms with Crippen LogP contribution >= 0.6 is 0 Å². The average Bonchev–Trinajstić information content (AvgIpc) is 3.27. The van der Waals surface area contributed by atoms with E-state index >= 15 is 0 Å². The van der Waals surface area contributed by atoms with Crippen LogP contribution in [0.4, 0.5) is 0 Å². The third kappa shape index (κ3) is 8.33. The molecule has 0 radical (unpaired) electrons. The largest absolute Gasteiger partial charge is 0.507 e. The van der Waals surface area contributed by atoms with Gasteiger partial charge in [-0.1, -0.05) is 13.8 Å². The lowest BCUT2D eigenvalue weighted by atomic mass is 9.53. The van der Waals surface area contributed by atoms with Crippen molar-refractivity contribution < 1.29 is 20.4 Å². The lowest BCUT2D eigenvalue weighted by Gasteiger charge is -2.52. The Balaban J connectivity index is 1.32. The van der Waals surface area contributed by atoms with Crippen molar-refractivity contribution in [1.29, 1.82) is 0 Å². The topological polar surface area (TPSA) is 80.9 Å². The van der Waals surface area contributed by atoms with Crippen molar-refractivity contribution in [3.63, 3.8) is 0 Å². The first kappa shape index (κ1) is 48.5. The number of rotatable bonds is 10. The Hall–Kier alpha value is -3.92. The third-order valence-corrected chi connectivity index (χ3v) is 19.4. The molecule has 4 N–H and O–H groups in total. The summed E-state index contributed by atoms with van der Waals surface area (Å²) in [6.45, 7) is 39.6. The first-order valence-corrected chi connectivity index (χ1v) is 24.3. The summed E-state index contributed by atoms with van der Waals surface area (Å²) >= 11 is 0. The molecule has 0 amide bonds. The van der Waals surface area contributed by atoms with Gasteiger partial charge in [0.05, 0.1) is 0 Å². The van der Waals surface area contributed by atoms with Crippen LogP contribution in [0.2, 0.25) is 0 Å². The molecule has 0 aromatic heterocycles. The Kier molecular flexibility index (Phi) is 13.5. The molecule has 0 bridgehead atoms. The van der Waals surface area contributed by atoms with E-state index in [1.165, 1.54) is 118 Å². The van der Waals surface area contributed by atoms with Gasteiger partial charge < -0.3 is 20.4 Å². The summed E-state index contributed by atoms with van der Waals surface area (Å²) in [5.41, 5.74) is 24.0. The quantitative estimate of drug-likeness (QED) is 0.128. The molecule has 63 heavy (non-hydrogen) atoms. The van der Waals surface area contributed by atoms with Gasteiger partial charge in [0.15, 0.2) is 0 Å². The predicted octanol–water partition coefficient (Wildman–Crippen LogP) is 15.1. The zero-order valence-corrected chi connectivity index (χ0v) is 42.9. The van der Waals surface area contributed by atoms with Crippen molar-refractivity contribution in [3.05, 3.63) is 111 Å². The van der Waals surface area contributed by atoms with Gasteiger partial charge in [-0.15, -0.1) is 0 Å². The van der Waals surface area contributed by atoms with Gasteiger partial charge >= 0.3 is 0 Å². The second-order valence-corrected chi connectivity index (χ2v) is 22.4. The van der Waals surface area contributed by atoms with Crippen molar-refractivity contribution in [1.82, 2.24) is 0 Å². The van der Waals surface area contributed by atoms with Crippen LogP contribution in [0, 0.1) is 139 Å². The van der Waals surface area contributed by atoms with Crippen LogP contribution in [0.25, 0.3) is 0 Å². The second kappa shape index (κ2) is 17.5. The minimum Gasteiger partial charge on any atom is -0.507 e. The maximum atomic E-state index is 11.1. The minimum absolute atomic E-state index is 0.0806. The Morgan fingerprint density at radius 2 is 0.476 bits per heavy atom. The SMILES string of the molecule is Cc1c(C)c(CC2(Cc3c(C)c(C)c(O)c(C)c3C)CCC(C(C)(C)C3CCC(Cc4c(C)c(C)c(O)c(C)c4C)(Cc4c(C)c(C)c(O)c(C)c4C)CC3)CC2)c(C)c(C)c1O. The van der Waals surface area contributed by atoms with E-state index in [1.54, 1.807) is 0 Å². The zero-order valence-electron chi connectivity index (χ0n) is 42.9. The Morgan fingerprint density at radius 3 is 0.635 bits per heavy atom. The molecule has 4 heteroatoms. The van der Waals surface area contributed by atoms with E-state index in [9.17, 15) is 20.4 Å². The minimum atomic E-state index is 0.0806. The van der Waals surface area contributed by atoms with Crippen LogP contribution in [0.3, 0.4) is 0 Å². The molecule has 0 heterocycles. The average molecular weight is 857 g/mol. The van der Waals surface area contributed by atoms with Crippen molar-refractivity contribution in [2.24, 2.45) is 28.1 Å². The molecule has 0 aliphatic heterocycles. The Morgan fingerprint density at radius 1 is 0.317 bits per heavy atom. The van der Waals surface area contributed by atoms with E-state index in [0.29, 0.717) is 34.8 Å². The molecular formula is C59H84O4. The maximum absolute atomic E-state index is 11.1. The van der Waals surface area contributed by atoms with E-state index in [-0.39, 0.29) is 16.2 Å². The number of phenols is 4. The van der Waals surface area contributed by atoms with Crippen molar-refractivity contribution in [2.45, 2.75) is 202 Å². The normalized spacial score (nSPS) is 17.2. The fraction of sp³-hybridized carbons (Fsp3) is 0.593. The summed E-state index contributed by atoms with van der Waals surface area (Å²) in [5.74, 6) is 3.05. The standard InChI is InChI=1S/C59H84O4/c1-31-39(9)53(60)40(10)32(2)49(31)27-58(28-50-33(3)41(11)54(61)42(12)34(50)4)23-19-47(20-24-58)57(17,18)48-21-25-59(26-22-48,29-51-35(5)43(13)55(62)44(14)36(51)6)30-52-37(7)45(15)56(63)46(16)38(52)8/h47-48,60-63H,19-30H2,1-18H3. The smallest absolute Gasteiger partial charge is 0.121 e. The van der Waals surface area contributed by atoms with Gasteiger partial charge in [-0.2, -0.15) is 0 Å². The van der Waals surface area contributed by atoms with Gasteiger partial charge in [-0.3, -0.25) is 0 Å². The first-order chi connectivity index (χ1) is 29.2. The Labute approximate surface area is 383 Å². The number of aromatic hydroxyl groups is 4. The van der Waals surface area contributed by atoms with Crippen LogP contribution in [0.15, 0.2) is 0 Å². The van der Waals surface area contributed by atoms with Gasteiger partial charge in [0.1, 0.15) is 23.0 Å². The highest BCUT2D eigenvalue weighted by atomic mass is 16.3. The number of hydrogen-bond donors (Lipinski definition) is 4. The number of benzene rings is 4. The third-order valence-electron chi connectivity index (χ3n) is 19.4. The van der Waals surface area contributed by atoms with Crippen LogP contribution in [0.1, 0.15) is 176 Å². The van der Waals surface area contributed by atoms with E-state index < -0.39 is 0 Å². The highest BCUT2D eigenvalue weighted by Gasteiger charge is 2.47. The summed E-state index contributed by atoms with van der Waals surface area (Å²) in [4.78, 5) is 0. The summed E-state index contributed by atoms with van der Waals surface area (Å²) < 4.78 is 0. The van der Waals surface area contributed by atoms with Gasteiger partial charge in [-0.05, 0) is 327 Å². The molecule has 4 aromatic carbocycles. The molecule has 4 aromatic rings. The summed E-state index contributed by atoms with van der Waals surface area (Å²) in [7, 11) is 0. The molecule has 2 aliphatic rings. The molecule has 0 unspecified atom stereocenters. The zero-order chi connectivity index (χ0) is 47.0. The lowest BCUT2D eigenvalue weighted by molar-refractivity contribution is 0.00123. The van der Waals surface area contributed by atoms with Gasteiger partial charge in [0, 0.05) is 0 Å². The van der Waals surface area contributed by atoms with Crippen LogP contribution < -0.4 is 0 Å². The number of hydrogen-bond acceptors (Lipinski definition) is 4. The molecule has 2 fully saturated rings. The van der Waals surface area contributed by atoms with Crippen molar-refractivity contribution >= 4 is 0 Å². The van der Waals surface area contributed by atoms with Crippen LogP contribution in [-0.4, -0.2) is 20.4 Å². The Bertz CT molecular complexity index is 2010. The van der Waals surface area contributed by atoms with Crippen molar-refractivity contribution in [2.75, 3.05) is 0 Å². The van der Waals surface area contributed by atoms with E-state index in [0.717, 1.165) is 70.2 Å². The summed E-state index contributed by atoms with van der Waals surface area (Å²) in [5, 5.41) is 44.2. The summed E-state index contributed by atoms with van der Waals surface area (Å²) in [6.07, 6.45) is 13.6. The maximum Gasteiger partial charge on any atom is 0.121 e. The molecule has 4 nitrogen and oxygen atoms in total. The lowest BCUT2D eigenvalue weighted by Crippen LogP contribution is -2.43. The van der Waals surface area contributed by atoms with Gasteiger partial charge in [-0.25, -0.2) is 0 Å². The fourth-order valence-electron chi connectivity index (χ4n) is 13.2. The fourth-order valence-corrected chi connectivity index (χ4v) is 13.2. The highest BCUT2D eigenvalue weighted by molar-refractivity contribution is 5.57. The molecule has 0 atom stereocenters. The summed E-state index contributed by atoms with van der Waals surface area (Å²) in [6, 6.07) is 0. The molecule has 6 rings (SSSR count). The van der Waals surface area contributed by atoms with Crippen molar-refractivity contribution in [3.8, 4) is 23.0 Å².